The van der Waals surface area contributed by atoms with Gasteiger partial charge in [0.2, 0.25) is 0 Å². The molecule has 0 saturated carbocycles. The minimum absolute atomic E-state index is 0.244. The molecule has 2 heterocycles. The van der Waals surface area contributed by atoms with Crippen LogP contribution in [0.3, 0.4) is 0 Å². The Hall–Kier alpha value is -1.85. The molecule has 16 heavy (non-hydrogen) atoms. The van der Waals surface area contributed by atoms with Gasteiger partial charge in [-0.1, -0.05) is 5.21 Å². The first kappa shape index (κ1) is 10.7. The molecule has 0 bridgehead atoms. The van der Waals surface area contributed by atoms with Crippen LogP contribution in [0.15, 0.2) is 12.5 Å². The minimum Gasteiger partial charge on any atom is -0.492 e. The molecule has 0 atom stereocenters. The molecule has 0 aliphatic carbocycles. The van der Waals surface area contributed by atoms with Crippen LogP contribution in [0.4, 0.5) is 0 Å². The number of carbonyl (C=O) groups excluding carboxylic acids is 1. The summed E-state index contributed by atoms with van der Waals surface area (Å²) >= 11 is 0. The number of fused-ring (bicyclic) bond motifs is 1. The number of rotatable bonds is 1. The van der Waals surface area contributed by atoms with E-state index >= 15 is 0 Å². The van der Waals surface area contributed by atoms with E-state index in [2.05, 4.69) is 10.3 Å². The van der Waals surface area contributed by atoms with Crippen molar-refractivity contribution in [1.82, 2.24) is 15.0 Å². The topological polar surface area (TPSA) is 66.2 Å². The number of aromatic nitrogens is 3. The zero-order valence-corrected chi connectivity index (χ0v) is 9.43. The van der Waals surface area contributed by atoms with Crippen LogP contribution in [0.1, 0.15) is 26.5 Å². The summed E-state index contributed by atoms with van der Waals surface area (Å²) in [6.07, 6.45) is 2.90. The van der Waals surface area contributed by atoms with E-state index in [1.54, 1.807) is 27.0 Å². The van der Waals surface area contributed by atoms with E-state index in [0.717, 1.165) is 5.69 Å². The van der Waals surface area contributed by atoms with Crippen molar-refractivity contribution in [3.8, 4) is 0 Å². The second-order valence-electron chi connectivity index (χ2n) is 4.45. The van der Waals surface area contributed by atoms with Gasteiger partial charge in [0.25, 0.3) is 0 Å². The van der Waals surface area contributed by atoms with Crippen LogP contribution >= 0.6 is 0 Å². The summed E-state index contributed by atoms with van der Waals surface area (Å²) in [5, 5.41) is 7.52. The summed E-state index contributed by atoms with van der Waals surface area (Å²) in [6.45, 7) is 5.77. The molecule has 2 rings (SSSR count). The van der Waals surface area contributed by atoms with Gasteiger partial charge < -0.3 is 9.47 Å². The molecule has 1 aromatic rings. The maximum atomic E-state index is 11.8. The molecule has 1 aliphatic rings. The van der Waals surface area contributed by atoms with E-state index in [9.17, 15) is 4.79 Å². The van der Waals surface area contributed by atoms with E-state index in [-0.39, 0.29) is 5.70 Å². The molecule has 0 spiro atoms. The Labute approximate surface area is 92.8 Å². The highest BCUT2D eigenvalue weighted by Crippen LogP contribution is 2.18. The summed E-state index contributed by atoms with van der Waals surface area (Å²) in [7, 11) is 0. The summed E-state index contributed by atoms with van der Waals surface area (Å²) in [5.41, 5.74) is 0.424. The highest BCUT2D eigenvalue weighted by molar-refractivity contribution is 6.09. The van der Waals surface area contributed by atoms with E-state index in [1.165, 1.54) is 10.9 Å². The van der Waals surface area contributed by atoms with Crippen LogP contribution in [0.2, 0.25) is 0 Å². The van der Waals surface area contributed by atoms with Crippen LogP contribution in [-0.2, 0) is 20.9 Å². The maximum Gasteiger partial charge on any atom is 0.360 e. The highest BCUT2D eigenvalue weighted by Gasteiger charge is 2.26. The quantitative estimate of drug-likeness (QED) is 0.663. The number of nitrogens with zero attached hydrogens (tertiary/aromatic N) is 3. The average Bonchev–Trinajstić information content (AvgIpc) is 2.61. The predicted molar refractivity (Wildman–Crippen MR) is 54.9 cm³/mol. The molecular formula is C10H13N3O3. The van der Waals surface area contributed by atoms with Crippen molar-refractivity contribution in [2.75, 3.05) is 0 Å². The normalized spacial score (nSPS) is 14.8. The second-order valence-corrected chi connectivity index (χ2v) is 4.45. The Balaban J connectivity index is 2.23. The SMILES string of the molecule is CC(C)(C)OC(=O)C1=COCc2cnnn21. The molecular weight excluding hydrogens is 210 g/mol. The molecule has 86 valence electrons. The fourth-order valence-electron chi connectivity index (χ4n) is 1.28. The standard InChI is InChI=1S/C10H13N3O3/c1-10(2,3)16-9(14)8-6-15-5-7-4-11-12-13(7)8/h4,6H,5H2,1-3H3. The van der Waals surface area contributed by atoms with Crippen LogP contribution in [0.5, 0.6) is 0 Å². The Morgan fingerprint density at radius 3 is 3.00 bits per heavy atom. The lowest BCUT2D eigenvalue weighted by atomic mass is 10.2. The van der Waals surface area contributed by atoms with E-state index in [4.69, 9.17) is 9.47 Å². The second kappa shape index (κ2) is 3.62. The zero-order chi connectivity index (χ0) is 11.8. The monoisotopic (exact) mass is 223 g/mol. The lowest BCUT2D eigenvalue weighted by Crippen LogP contribution is -2.27. The summed E-state index contributed by atoms with van der Waals surface area (Å²) in [4.78, 5) is 11.8. The molecule has 0 fully saturated rings. The van der Waals surface area contributed by atoms with Gasteiger partial charge >= 0.3 is 5.97 Å². The smallest absolute Gasteiger partial charge is 0.360 e. The van der Waals surface area contributed by atoms with Gasteiger partial charge in [0.05, 0.1) is 6.20 Å². The Bertz CT molecular complexity index is 442. The van der Waals surface area contributed by atoms with E-state index in [1.807, 2.05) is 0 Å². The highest BCUT2D eigenvalue weighted by atomic mass is 16.6. The molecule has 1 aliphatic heterocycles. The van der Waals surface area contributed by atoms with Gasteiger partial charge in [0.15, 0.2) is 5.70 Å². The van der Waals surface area contributed by atoms with Gasteiger partial charge in [-0.05, 0) is 20.8 Å². The molecule has 0 saturated heterocycles. The largest absolute Gasteiger partial charge is 0.492 e. The third-order valence-corrected chi connectivity index (χ3v) is 1.88. The minimum atomic E-state index is -0.546. The fraction of sp³-hybridized carbons (Fsp3) is 0.500. The lowest BCUT2D eigenvalue weighted by Gasteiger charge is -2.21. The molecule has 0 radical (unpaired) electrons. The van der Waals surface area contributed by atoms with Crippen LogP contribution in [0.25, 0.3) is 5.70 Å². The number of ether oxygens (including phenoxy) is 2. The van der Waals surface area contributed by atoms with Crippen molar-refractivity contribution in [3.63, 3.8) is 0 Å². The van der Waals surface area contributed by atoms with Crippen molar-refractivity contribution >= 4 is 11.7 Å². The van der Waals surface area contributed by atoms with Gasteiger partial charge in [-0.3, -0.25) is 0 Å². The van der Waals surface area contributed by atoms with Crippen LogP contribution in [0, 0.1) is 0 Å². The number of esters is 1. The van der Waals surface area contributed by atoms with Crippen LogP contribution < -0.4 is 0 Å². The van der Waals surface area contributed by atoms with Gasteiger partial charge in [0.1, 0.15) is 24.2 Å². The maximum absolute atomic E-state index is 11.8. The van der Waals surface area contributed by atoms with Crippen molar-refractivity contribution in [3.05, 3.63) is 18.2 Å². The van der Waals surface area contributed by atoms with Gasteiger partial charge in [0, 0.05) is 0 Å². The molecule has 0 unspecified atom stereocenters. The first-order valence-corrected chi connectivity index (χ1v) is 4.92. The van der Waals surface area contributed by atoms with Gasteiger partial charge in [-0.15, -0.1) is 5.10 Å². The van der Waals surface area contributed by atoms with Crippen molar-refractivity contribution in [1.29, 1.82) is 0 Å². The van der Waals surface area contributed by atoms with Crippen molar-refractivity contribution < 1.29 is 14.3 Å². The molecule has 0 amide bonds. The van der Waals surface area contributed by atoms with Gasteiger partial charge in [-0.2, -0.15) is 0 Å². The average molecular weight is 223 g/mol. The number of hydrogen-bond donors (Lipinski definition) is 0. The number of hydrogen-bond acceptors (Lipinski definition) is 5. The molecule has 6 nitrogen and oxygen atoms in total. The fourth-order valence-corrected chi connectivity index (χ4v) is 1.28. The predicted octanol–water partition coefficient (Wildman–Crippen LogP) is 0.948. The molecule has 1 aromatic heterocycles. The first-order chi connectivity index (χ1) is 7.47. The third-order valence-electron chi connectivity index (χ3n) is 1.88. The van der Waals surface area contributed by atoms with Gasteiger partial charge in [-0.25, -0.2) is 9.48 Å². The molecule has 0 aromatic carbocycles. The van der Waals surface area contributed by atoms with Crippen molar-refractivity contribution in [2.24, 2.45) is 0 Å². The Kier molecular flexibility index (Phi) is 2.41. The summed E-state index contributed by atoms with van der Waals surface area (Å²) in [5.74, 6) is -0.473. The zero-order valence-electron chi connectivity index (χ0n) is 9.43. The summed E-state index contributed by atoms with van der Waals surface area (Å²) < 4.78 is 11.8. The van der Waals surface area contributed by atoms with E-state index < -0.39 is 11.6 Å². The molecule has 0 N–H and O–H groups in total. The number of carbonyl (C=O) groups is 1. The molecule has 6 heteroatoms. The van der Waals surface area contributed by atoms with E-state index in [0.29, 0.717) is 6.61 Å². The van der Waals surface area contributed by atoms with Crippen LogP contribution in [-0.4, -0.2) is 26.6 Å². The Morgan fingerprint density at radius 2 is 2.31 bits per heavy atom. The first-order valence-electron chi connectivity index (χ1n) is 4.92. The summed E-state index contributed by atoms with van der Waals surface area (Å²) in [6, 6.07) is 0. The van der Waals surface area contributed by atoms with Crippen molar-refractivity contribution in [2.45, 2.75) is 33.0 Å². The lowest BCUT2D eigenvalue weighted by molar-refractivity contribution is -0.148. The third kappa shape index (κ3) is 2.05. The Morgan fingerprint density at radius 1 is 1.56 bits per heavy atom.